The van der Waals surface area contributed by atoms with Crippen LogP contribution in [0.25, 0.3) is 0 Å². The van der Waals surface area contributed by atoms with E-state index in [1.807, 2.05) is 6.07 Å². The van der Waals surface area contributed by atoms with Crippen LogP contribution in [0.5, 0.6) is 0 Å². The van der Waals surface area contributed by atoms with Crippen molar-refractivity contribution in [3.8, 4) is 0 Å². The van der Waals surface area contributed by atoms with Gasteiger partial charge in [-0.15, -0.1) is 0 Å². The number of methoxy groups -OCH3 is 1. The smallest absolute Gasteiger partial charge is 0.0701 e. The van der Waals surface area contributed by atoms with Gasteiger partial charge in [-0.3, -0.25) is 0 Å². The predicted molar refractivity (Wildman–Crippen MR) is 81.0 cm³/mol. The highest BCUT2D eigenvalue weighted by molar-refractivity contribution is 5.18. The van der Waals surface area contributed by atoms with Crippen molar-refractivity contribution in [1.82, 2.24) is 5.32 Å². The van der Waals surface area contributed by atoms with Crippen molar-refractivity contribution in [3.05, 3.63) is 35.9 Å². The third-order valence-corrected chi connectivity index (χ3v) is 3.05. The molecule has 1 atom stereocenters. The Morgan fingerprint density at radius 2 is 1.60 bits per heavy atom. The molecular formula is C16H27NO3. The lowest BCUT2D eigenvalue weighted by Crippen LogP contribution is -2.25. The van der Waals surface area contributed by atoms with E-state index in [2.05, 4.69) is 36.5 Å². The van der Waals surface area contributed by atoms with Crippen molar-refractivity contribution in [2.24, 2.45) is 0 Å². The number of hydrogen-bond acceptors (Lipinski definition) is 4. The monoisotopic (exact) mass is 281 g/mol. The molecule has 0 fully saturated rings. The van der Waals surface area contributed by atoms with Crippen LogP contribution >= 0.6 is 0 Å². The zero-order valence-electron chi connectivity index (χ0n) is 12.6. The fraction of sp³-hybridized carbons (Fsp3) is 0.625. The first-order chi connectivity index (χ1) is 9.88. The van der Waals surface area contributed by atoms with Crippen LogP contribution < -0.4 is 5.32 Å². The summed E-state index contributed by atoms with van der Waals surface area (Å²) in [7, 11) is 1.67. The van der Waals surface area contributed by atoms with Crippen LogP contribution in [0, 0.1) is 0 Å². The van der Waals surface area contributed by atoms with Crippen LogP contribution in [-0.2, 0) is 14.2 Å². The molecule has 0 spiro atoms. The van der Waals surface area contributed by atoms with Gasteiger partial charge in [0.1, 0.15) is 0 Å². The largest absolute Gasteiger partial charge is 0.382 e. The normalized spacial score (nSPS) is 12.5. The fourth-order valence-corrected chi connectivity index (χ4v) is 1.95. The first-order valence-corrected chi connectivity index (χ1v) is 7.31. The molecule has 0 heterocycles. The zero-order valence-corrected chi connectivity index (χ0v) is 12.6. The second-order valence-electron chi connectivity index (χ2n) is 4.54. The zero-order chi connectivity index (χ0) is 14.5. The minimum absolute atomic E-state index is 0.401. The number of ether oxygens (including phenoxy) is 3. The molecule has 4 heteroatoms. The van der Waals surface area contributed by atoms with Crippen molar-refractivity contribution in [3.63, 3.8) is 0 Å². The van der Waals surface area contributed by atoms with E-state index >= 15 is 0 Å². The van der Waals surface area contributed by atoms with Gasteiger partial charge in [0.15, 0.2) is 0 Å². The van der Waals surface area contributed by atoms with Gasteiger partial charge < -0.3 is 19.5 Å². The first kappa shape index (κ1) is 17.1. The molecule has 0 aliphatic heterocycles. The molecule has 1 N–H and O–H groups in total. The van der Waals surface area contributed by atoms with Gasteiger partial charge in [0.05, 0.1) is 33.0 Å². The summed E-state index contributed by atoms with van der Waals surface area (Å²) in [5, 5.41) is 3.51. The predicted octanol–water partition coefficient (Wildman–Crippen LogP) is 2.41. The van der Waals surface area contributed by atoms with E-state index in [-0.39, 0.29) is 0 Å². The lowest BCUT2D eigenvalue weighted by Gasteiger charge is -2.17. The average Bonchev–Trinajstić information content (AvgIpc) is 2.50. The quantitative estimate of drug-likeness (QED) is 0.597. The van der Waals surface area contributed by atoms with E-state index in [0.29, 0.717) is 39.1 Å². The number of nitrogens with one attached hydrogen (secondary N) is 1. The molecule has 1 aromatic carbocycles. The first-order valence-electron chi connectivity index (χ1n) is 7.31. The van der Waals surface area contributed by atoms with Crippen LogP contribution in [0.1, 0.15) is 24.9 Å². The van der Waals surface area contributed by atoms with Crippen LogP contribution in [0.15, 0.2) is 30.3 Å². The number of hydrogen-bond donors (Lipinski definition) is 1. The summed E-state index contributed by atoms with van der Waals surface area (Å²) < 4.78 is 15.7. The summed E-state index contributed by atoms with van der Waals surface area (Å²) in [4.78, 5) is 0. The van der Waals surface area contributed by atoms with Crippen molar-refractivity contribution < 1.29 is 14.2 Å². The maximum Gasteiger partial charge on any atom is 0.0701 e. The topological polar surface area (TPSA) is 39.7 Å². The van der Waals surface area contributed by atoms with Gasteiger partial charge in [-0.2, -0.15) is 0 Å². The third kappa shape index (κ3) is 7.60. The maximum absolute atomic E-state index is 5.52. The van der Waals surface area contributed by atoms with Gasteiger partial charge in [0.2, 0.25) is 0 Å². The molecular weight excluding hydrogens is 254 g/mol. The fourth-order valence-electron chi connectivity index (χ4n) is 1.95. The maximum atomic E-state index is 5.52. The van der Waals surface area contributed by atoms with Gasteiger partial charge in [0, 0.05) is 19.7 Å². The Kier molecular flexibility index (Phi) is 10.1. The minimum atomic E-state index is 0.401. The Morgan fingerprint density at radius 1 is 0.950 bits per heavy atom. The highest BCUT2D eigenvalue weighted by Gasteiger charge is 2.06. The molecule has 4 nitrogen and oxygen atoms in total. The van der Waals surface area contributed by atoms with E-state index in [1.54, 1.807) is 7.11 Å². The van der Waals surface area contributed by atoms with E-state index < -0.39 is 0 Å². The van der Waals surface area contributed by atoms with Crippen molar-refractivity contribution in [1.29, 1.82) is 0 Å². The van der Waals surface area contributed by atoms with Crippen LogP contribution in [-0.4, -0.2) is 46.7 Å². The number of benzene rings is 1. The molecule has 0 amide bonds. The van der Waals surface area contributed by atoms with Crippen molar-refractivity contribution in [2.75, 3.05) is 46.7 Å². The molecule has 1 rings (SSSR count). The van der Waals surface area contributed by atoms with Gasteiger partial charge in [-0.1, -0.05) is 37.3 Å². The highest BCUT2D eigenvalue weighted by atomic mass is 16.5. The molecule has 0 saturated heterocycles. The molecule has 0 bridgehead atoms. The Labute approximate surface area is 122 Å². The van der Waals surface area contributed by atoms with Crippen molar-refractivity contribution in [2.45, 2.75) is 19.4 Å². The molecule has 0 radical (unpaired) electrons. The summed E-state index contributed by atoms with van der Waals surface area (Å²) in [6.07, 6.45) is 1.07. The van der Waals surface area contributed by atoms with Crippen LogP contribution in [0.2, 0.25) is 0 Å². The summed E-state index contributed by atoms with van der Waals surface area (Å²) >= 11 is 0. The standard InChI is InChI=1S/C16H27NO3/c1-3-16(15-7-5-4-6-8-15)17-9-10-19-13-14-20-12-11-18-2/h4-8,16-17H,3,9-14H2,1-2H3. The van der Waals surface area contributed by atoms with E-state index in [4.69, 9.17) is 14.2 Å². The van der Waals surface area contributed by atoms with Gasteiger partial charge >= 0.3 is 0 Å². The number of rotatable bonds is 12. The SMILES string of the molecule is CCC(NCCOCCOCCOC)c1ccccc1. The summed E-state index contributed by atoms with van der Waals surface area (Å²) in [5.41, 5.74) is 1.33. The Morgan fingerprint density at radius 3 is 2.25 bits per heavy atom. The second kappa shape index (κ2) is 11.9. The summed E-state index contributed by atoms with van der Waals surface area (Å²) in [6.45, 7) is 6.27. The average molecular weight is 281 g/mol. The Bertz CT molecular complexity index is 319. The molecule has 0 aromatic heterocycles. The van der Waals surface area contributed by atoms with Crippen LogP contribution in [0.3, 0.4) is 0 Å². The second-order valence-corrected chi connectivity index (χ2v) is 4.54. The molecule has 114 valence electrons. The van der Waals surface area contributed by atoms with Crippen molar-refractivity contribution >= 4 is 0 Å². The molecule has 0 aliphatic carbocycles. The van der Waals surface area contributed by atoms with Crippen LogP contribution in [0.4, 0.5) is 0 Å². The lowest BCUT2D eigenvalue weighted by atomic mass is 10.1. The molecule has 1 aromatic rings. The minimum Gasteiger partial charge on any atom is -0.382 e. The lowest BCUT2D eigenvalue weighted by molar-refractivity contribution is 0.0252. The molecule has 20 heavy (non-hydrogen) atoms. The van der Waals surface area contributed by atoms with E-state index in [9.17, 15) is 0 Å². The van der Waals surface area contributed by atoms with E-state index in [0.717, 1.165) is 13.0 Å². The molecule has 1 unspecified atom stereocenters. The highest BCUT2D eigenvalue weighted by Crippen LogP contribution is 2.15. The van der Waals surface area contributed by atoms with Gasteiger partial charge in [0.25, 0.3) is 0 Å². The molecule has 0 saturated carbocycles. The summed E-state index contributed by atoms with van der Waals surface area (Å²) in [6, 6.07) is 10.9. The van der Waals surface area contributed by atoms with Gasteiger partial charge in [-0.05, 0) is 12.0 Å². The third-order valence-electron chi connectivity index (χ3n) is 3.05. The summed E-state index contributed by atoms with van der Waals surface area (Å²) in [5.74, 6) is 0. The van der Waals surface area contributed by atoms with Gasteiger partial charge in [-0.25, -0.2) is 0 Å². The molecule has 0 aliphatic rings. The Balaban J connectivity index is 2.02. The van der Waals surface area contributed by atoms with E-state index in [1.165, 1.54) is 5.56 Å². The Hall–Kier alpha value is -0.940.